The average Bonchev–Trinajstić information content (AvgIpc) is 2.66. The molecule has 0 bridgehead atoms. The fourth-order valence-corrected chi connectivity index (χ4v) is 1.83. The van der Waals surface area contributed by atoms with Crippen molar-refractivity contribution in [2.45, 2.75) is 13.0 Å². The van der Waals surface area contributed by atoms with Crippen LogP contribution in [-0.2, 0) is 16.1 Å². The molecular weight excluding hydrogens is 216 g/mol. The van der Waals surface area contributed by atoms with Crippen LogP contribution in [0.3, 0.4) is 0 Å². The lowest BCUT2D eigenvalue weighted by Gasteiger charge is -2.01. The Bertz CT molecular complexity index is 308. The van der Waals surface area contributed by atoms with E-state index in [0.717, 1.165) is 11.3 Å². The van der Waals surface area contributed by atoms with Crippen LogP contribution in [0.2, 0.25) is 0 Å². The van der Waals surface area contributed by atoms with Crippen molar-refractivity contribution in [3.63, 3.8) is 0 Å². The van der Waals surface area contributed by atoms with E-state index in [2.05, 4.69) is 0 Å². The molecule has 0 fully saturated rings. The Balaban J connectivity index is 2.23. The van der Waals surface area contributed by atoms with Crippen LogP contribution in [0.4, 0.5) is 0 Å². The third-order valence-corrected chi connectivity index (χ3v) is 2.80. The molecule has 0 aliphatic rings. The van der Waals surface area contributed by atoms with E-state index in [-0.39, 0.29) is 0 Å². The fraction of sp³-hybridized carbons (Fsp3) is 0.500. The number of carboxylic acid groups (broad SMARTS) is 1. The Morgan fingerprint density at radius 2 is 2.27 bits per heavy atom. The van der Waals surface area contributed by atoms with Gasteiger partial charge in [0.2, 0.25) is 0 Å². The molecule has 0 aliphatic carbocycles. The van der Waals surface area contributed by atoms with E-state index in [9.17, 15) is 4.79 Å². The van der Waals surface area contributed by atoms with Crippen LogP contribution in [-0.4, -0.2) is 31.4 Å². The second kappa shape index (κ2) is 6.55. The van der Waals surface area contributed by atoms with Crippen molar-refractivity contribution in [2.75, 3.05) is 20.3 Å². The molecule has 4 nitrogen and oxygen atoms in total. The van der Waals surface area contributed by atoms with Gasteiger partial charge in [-0.15, -0.1) is 11.3 Å². The molecule has 0 unspecified atom stereocenters. The maximum Gasteiger partial charge on any atom is 0.345 e. The summed E-state index contributed by atoms with van der Waals surface area (Å²) in [6.07, 6.45) is 0.855. The van der Waals surface area contributed by atoms with Crippen molar-refractivity contribution >= 4 is 17.3 Å². The molecular formula is C10H14O4S. The molecule has 0 radical (unpaired) electrons. The van der Waals surface area contributed by atoms with Gasteiger partial charge >= 0.3 is 5.97 Å². The smallest absolute Gasteiger partial charge is 0.345 e. The number of hydrogen-bond donors (Lipinski definition) is 1. The molecule has 0 saturated carbocycles. The van der Waals surface area contributed by atoms with Gasteiger partial charge in [0.1, 0.15) is 4.88 Å². The lowest BCUT2D eigenvalue weighted by molar-refractivity contribution is 0.0702. The number of carbonyl (C=O) groups is 1. The van der Waals surface area contributed by atoms with Crippen LogP contribution >= 0.6 is 11.3 Å². The highest BCUT2D eigenvalue weighted by atomic mass is 32.1. The van der Waals surface area contributed by atoms with Crippen LogP contribution in [0.1, 0.15) is 21.0 Å². The minimum Gasteiger partial charge on any atom is -0.477 e. The number of thiophene rings is 1. The molecule has 0 atom stereocenters. The van der Waals surface area contributed by atoms with Gasteiger partial charge in [-0.25, -0.2) is 4.79 Å². The highest BCUT2D eigenvalue weighted by Gasteiger charge is 2.06. The van der Waals surface area contributed by atoms with Gasteiger partial charge in [-0.2, -0.15) is 0 Å². The molecule has 5 heteroatoms. The molecule has 1 heterocycles. The van der Waals surface area contributed by atoms with Crippen molar-refractivity contribution in [3.8, 4) is 0 Å². The highest BCUT2D eigenvalue weighted by Crippen LogP contribution is 2.17. The minimum absolute atomic E-state index is 0.352. The van der Waals surface area contributed by atoms with Gasteiger partial charge in [-0.05, 0) is 18.6 Å². The predicted octanol–water partition coefficient (Wildman–Crippen LogP) is 2.00. The monoisotopic (exact) mass is 230 g/mol. The third kappa shape index (κ3) is 4.42. The number of hydrogen-bond acceptors (Lipinski definition) is 4. The molecule has 1 rings (SSSR count). The standard InChI is InChI=1S/C10H14O4S/c1-13-5-2-6-14-7-8-3-4-9(15-8)10(11)12/h3-4H,2,5-7H2,1H3,(H,11,12). The third-order valence-electron chi connectivity index (χ3n) is 1.75. The maximum atomic E-state index is 10.6. The Hall–Kier alpha value is -0.910. The van der Waals surface area contributed by atoms with Crippen molar-refractivity contribution in [3.05, 3.63) is 21.9 Å². The number of rotatable bonds is 7. The summed E-state index contributed by atoms with van der Waals surface area (Å²) in [5, 5.41) is 8.69. The summed E-state index contributed by atoms with van der Waals surface area (Å²) in [5.41, 5.74) is 0. The van der Waals surface area contributed by atoms with Gasteiger partial charge in [0.15, 0.2) is 0 Å². The van der Waals surface area contributed by atoms with Crippen LogP contribution in [0.5, 0.6) is 0 Å². The molecule has 0 aliphatic heterocycles. The summed E-state index contributed by atoms with van der Waals surface area (Å²) in [7, 11) is 1.65. The SMILES string of the molecule is COCCCOCc1ccc(C(=O)O)s1. The summed E-state index contributed by atoms with van der Waals surface area (Å²) >= 11 is 1.25. The zero-order valence-electron chi connectivity index (χ0n) is 8.56. The van der Waals surface area contributed by atoms with Crippen molar-refractivity contribution in [1.29, 1.82) is 0 Å². The molecule has 1 aromatic heterocycles. The first kappa shape index (κ1) is 12.2. The Morgan fingerprint density at radius 1 is 1.47 bits per heavy atom. The summed E-state index contributed by atoms with van der Waals surface area (Å²) < 4.78 is 10.2. The number of ether oxygens (including phenoxy) is 2. The Kier molecular flexibility index (Phi) is 5.31. The van der Waals surface area contributed by atoms with Gasteiger partial charge in [0.25, 0.3) is 0 Å². The van der Waals surface area contributed by atoms with Crippen molar-refractivity contribution in [2.24, 2.45) is 0 Å². The number of methoxy groups -OCH3 is 1. The van der Waals surface area contributed by atoms with Crippen LogP contribution in [0.15, 0.2) is 12.1 Å². The maximum absolute atomic E-state index is 10.6. The van der Waals surface area contributed by atoms with E-state index in [1.165, 1.54) is 11.3 Å². The minimum atomic E-state index is -0.884. The summed E-state index contributed by atoms with van der Waals surface area (Å²) in [6.45, 7) is 1.79. The predicted molar refractivity (Wildman–Crippen MR) is 57.4 cm³/mol. The zero-order valence-corrected chi connectivity index (χ0v) is 9.38. The van der Waals surface area contributed by atoms with Gasteiger partial charge in [0, 0.05) is 25.2 Å². The van der Waals surface area contributed by atoms with E-state index in [1.54, 1.807) is 19.2 Å². The second-order valence-corrected chi connectivity index (χ2v) is 4.14. The fourth-order valence-electron chi connectivity index (χ4n) is 1.05. The Labute approximate surface area is 92.4 Å². The first-order valence-corrected chi connectivity index (χ1v) is 5.44. The van der Waals surface area contributed by atoms with Gasteiger partial charge in [0.05, 0.1) is 6.61 Å². The molecule has 0 amide bonds. The molecule has 84 valence electrons. The van der Waals surface area contributed by atoms with E-state index in [1.807, 2.05) is 0 Å². The van der Waals surface area contributed by atoms with Crippen LogP contribution in [0.25, 0.3) is 0 Å². The van der Waals surface area contributed by atoms with Crippen LogP contribution in [0, 0.1) is 0 Å². The lowest BCUT2D eigenvalue weighted by atomic mass is 10.4. The average molecular weight is 230 g/mol. The first-order valence-electron chi connectivity index (χ1n) is 4.62. The van der Waals surface area contributed by atoms with Gasteiger partial charge < -0.3 is 14.6 Å². The quantitative estimate of drug-likeness (QED) is 0.728. The number of aromatic carboxylic acids is 1. The number of carboxylic acids is 1. The van der Waals surface area contributed by atoms with Gasteiger partial charge in [-0.1, -0.05) is 0 Å². The molecule has 0 aromatic carbocycles. The molecule has 0 saturated heterocycles. The topological polar surface area (TPSA) is 55.8 Å². The van der Waals surface area contributed by atoms with Gasteiger partial charge in [-0.3, -0.25) is 0 Å². The highest BCUT2D eigenvalue weighted by molar-refractivity contribution is 7.13. The van der Waals surface area contributed by atoms with E-state index < -0.39 is 5.97 Å². The summed E-state index contributed by atoms with van der Waals surface area (Å²) in [6, 6.07) is 3.38. The van der Waals surface area contributed by atoms with E-state index >= 15 is 0 Å². The second-order valence-electron chi connectivity index (χ2n) is 2.97. The lowest BCUT2D eigenvalue weighted by Crippen LogP contribution is -1.98. The normalized spacial score (nSPS) is 10.5. The van der Waals surface area contributed by atoms with Crippen molar-refractivity contribution < 1.29 is 19.4 Å². The molecule has 0 spiro atoms. The first-order chi connectivity index (χ1) is 7.24. The summed E-state index contributed by atoms with van der Waals surface area (Å²) in [4.78, 5) is 11.9. The molecule has 15 heavy (non-hydrogen) atoms. The van der Waals surface area contributed by atoms with Crippen molar-refractivity contribution in [1.82, 2.24) is 0 Å². The molecule has 1 aromatic rings. The largest absolute Gasteiger partial charge is 0.477 e. The van der Waals surface area contributed by atoms with Crippen LogP contribution < -0.4 is 0 Å². The zero-order chi connectivity index (χ0) is 11.1. The molecule has 1 N–H and O–H groups in total. The van der Waals surface area contributed by atoms with E-state index in [0.29, 0.717) is 24.7 Å². The Morgan fingerprint density at radius 3 is 2.87 bits per heavy atom. The summed E-state index contributed by atoms with van der Waals surface area (Å²) in [5.74, 6) is -0.884. The van der Waals surface area contributed by atoms with E-state index in [4.69, 9.17) is 14.6 Å².